The third-order valence-electron chi connectivity index (χ3n) is 15.1. The molecule has 0 aliphatic carbocycles. The number of amides is 9. The fourth-order valence-electron chi connectivity index (χ4n) is 10.2. The van der Waals surface area contributed by atoms with E-state index in [1.54, 1.807) is 54.7 Å². The lowest BCUT2D eigenvalue weighted by Gasteiger charge is -2.32. The molecule has 6 aromatic rings. The number of carbonyl (C=O) groups is 9. The second kappa shape index (κ2) is 36.5. The van der Waals surface area contributed by atoms with Crippen LogP contribution in [0.4, 0.5) is 0 Å². The molecule has 92 heavy (non-hydrogen) atoms. The Morgan fingerprint density at radius 2 is 1.08 bits per heavy atom. The second-order valence-corrected chi connectivity index (χ2v) is 23.8. The molecule has 0 radical (unpaired) electrons. The van der Waals surface area contributed by atoms with Crippen LogP contribution in [-0.4, -0.2) is 160 Å². The number of aromatic hydroxyl groups is 1. The Labute approximate surface area is 541 Å². The molecule has 0 aliphatic heterocycles. The van der Waals surface area contributed by atoms with Gasteiger partial charge >= 0.3 is 0 Å². The van der Waals surface area contributed by atoms with Crippen LogP contribution in [0.15, 0.2) is 140 Å². The Bertz CT molecular complexity index is 3420. The first-order chi connectivity index (χ1) is 44.1. The molecule has 2 heterocycles. The largest absolute Gasteiger partial charge is 0.508 e. The third kappa shape index (κ3) is 23.5. The Hall–Kier alpha value is -9.32. The maximum absolute atomic E-state index is 15.0. The lowest BCUT2D eigenvalue weighted by Crippen LogP contribution is -2.61. The Balaban J connectivity index is 1.26. The number of benzene rings is 4. The van der Waals surface area contributed by atoms with Crippen LogP contribution in [0.1, 0.15) is 92.9 Å². The smallest absolute Gasteiger partial charge is 0.252 e. The molecular weight excluding hydrogens is 1200 g/mol. The summed E-state index contributed by atoms with van der Waals surface area (Å²) in [7, 11) is 1.28. The number of nitrogens with zero attached hydrogens (tertiary/aromatic N) is 3. The fraction of sp³-hybridized carbons (Fsp3) is 0.397. The molecule has 0 aliphatic rings. The van der Waals surface area contributed by atoms with Gasteiger partial charge in [-0.2, -0.15) is 0 Å². The number of carbonyl (C=O) groups excluding carboxylic acids is 9. The average Bonchev–Trinajstić information content (AvgIpc) is 0.939. The van der Waals surface area contributed by atoms with Gasteiger partial charge in [0, 0.05) is 95.1 Å². The van der Waals surface area contributed by atoms with Gasteiger partial charge in [0.25, 0.3) is 5.91 Å². The number of aromatic nitrogens is 2. The number of phenols is 1. The lowest BCUT2D eigenvalue weighted by atomic mass is 9.99. The monoisotopic (exact) mass is 1280 g/mol. The van der Waals surface area contributed by atoms with E-state index in [-0.39, 0.29) is 81.7 Å². The summed E-state index contributed by atoms with van der Waals surface area (Å²) in [6.07, 6.45) is 6.43. The van der Waals surface area contributed by atoms with E-state index in [1.165, 1.54) is 56.8 Å². The number of phenolic OH excluding ortho intramolecular Hbond substituents is 1. The van der Waals surface area contributed by atoms with Crippen molar-refractivity contribution in [3.8, 4) is 5.75 Å². The number of unbranched alkanes of at least 4 members (excludes halogenated alkanes) is 1. The van der Waals surface area contributed by atoms with Crippen LogP contribution in [0.2, 0.25) is 5.02 Å². The quantitative estimate of drug-likeness (QED) is 0.0253. The number of aliphatic hydroxyl groups excluding tert-OH is 1. The zero-order valence-corrected chi connectivity index (χ0v) is 53.5. The molecule has 0 saturated heterocycles. The summed E-state index contributed by atoms with van der Waals surface area (Å²) >= 11 is 6.23. The number of nitrogens with one attached hydrogen (secondary N) is 9. The molecule has 0 unspecified atom stereocenters. The summed E-state index contributed by atoms with van der Waals surface area (Å²) in [5.41, 5.74) is 2.60. The number of aliphatic hydroxyl groups is 1. The normalized spacial score (nSPS) is 13.5. The zero-order chi connectivity index (χ0) is 66.7. The highest BCUT2D eigenvalue weighted by atomic mass is 35.5. The highest BCUT2D eigenvalue weighted by Gasteiger charge is 2.37. The van der Waals surface area contributed by atoms with Gasteiger partial charge in [0.2, 0.25) is 47.3 Å². The van der Waals surface area contributed by atoms with Gasteiger partial charge in [0.05, 0.1) is 12.2 Å². The minimum Gasteiger partial charge on any atom is -0.508 e. The fourth-order valence-corrected chi connectivity index (χ4v) is 10.3. The molecule has 0 saturated carbocycles. The molecule has 7 atom stereocenters. The molecule has 0 bridgehead atoms. The number of fused-ring (bicyclic) bond motifs is 1. The lowest BCUT2D eigenvalue weighted by molar-refractivity contribution is -0.144. The maximum atomic E-state index is 15.0. The molecule has 0 spiro atoms. The molecule has 490 valence electrons. The summed E-state index contributed by atoms with van der Waals surface area (Å²) in [6, 6.07) is 22.9. The van der Waals surface area contributed by atoms with Crippen LogP contribution >= 0.6 is 11.6 Å². The summed E-state index contributed by atoms with van der Waals surface area (Å²) in [5, 5.41) is 48.9. The Morgan fingerprint density at radius 3 is 1.68 bits per heavy atom. The van der Waals surface area contributed by atoms with Gasteiger partial charge < -0.3 is 63.0 Å². The van der Waals surface area contributed by atoms with Gasteiger partial charge in [-0.05, 0) is 107 Å². The van der Waals surface area contributed by atoms with Crippen LogP contribution in [0.3, 0.4) is 0 Å². The minimum absolute atomic E-state index is 0.0169. The van der Waals surface area contributed by atoms with E-state index in [0.29, 0.717) is 40.2 Å². The van der Waals surface area contributed by atoms with Gasteiger partial charge in [-0.25, -0.2) is 0 Å². The average molecular weight is 1280 g/mol. The number of hydrogen-bond acceptors (Lipinski definition) is 14. The molecule has 6 rings (SSSR count). The van der Waals surface area contributed by atoms with Crippen molar-refractivity contribution in [2.24, 2.45) is 5.92 Å². The van der Waals surface area contributed by atoms with Crippen molar-refractivity contribution in [1.29, 1.82) is 0 Å². The molecule has 23 nitrogen and oxygen atoms in total. The van der Waals surface area contributed by atoms with Crippen LogP contribution in [-0.2, 0) is 64.0 Å². The van der Waals surface area contributed by atoms with Gasteiger partial charge in [-0.15, -0.1) is 0 Å². The first-order valence-electron chi connectivity index (χ1n) is 30.8. The summed E-state index contributed by atoms with van der Waals surface area (Å²) in [6.45, 7) is 8.97. The number of hydrogen-bond donors (Lipinski definition) is 11. The predicted molar refractivity (Wildman–Crippen MR) is 349 cm³/mol. The number of likely N-dealkylation sites (N-methyl/N-ethyl adjacent to an activating group) is 1. The first-order valence-corrected chi connectivity index (χ1v) is 31.2. The number of rotatable bonds is 35. The highest BCUT2D eigenvalue weighted by molar-refractivity contribution is 6.30. The van der Waals surface area contributed by atoms with Gasteiger partial charge in [-0.3, -0.25) is 53.1 Å². The van der Waals surface area contributed by atoms with Gasteiger partial charge in [-0.1, -0.05) is 112 Å². The minimum atomic E-state index is -1.75. The predicted octanol–water partition coefficient (Wildman–Crippen LogP) is 3.77. The van der Waals surface area contributed by atoms with E-state index in [1.807, 2.05) is 70.2 Å². The van der Waals surface area contributed by atoms with E-state index < -0.39 is 96.2 Å². The van der Waals surface area contributed by atoms with Crippen LogP contribution in [0.5, 0.6) is 5.75 Å². The second-order valence-electron chi connectivity index (χ2n) is 23.4. The number of halogens is 1. The topological polar surface area (TPSA) is 331 Å². The molecule has 2 aromatic heterocycles. The van der Waals surface area contributed by atoms with E-state index >= 15 is 0 Å². The number of pyridine rings is 2. The highest BCUT2D eigenvalue weighted by Crippen LogP contribution is 2.20. The first kappa shape index (κ1) is 71.8. The van der Waals surface area contributed by atoms with E-state index in [2.05, 4.69) is 57.8 Å². The SMILES string of the molecule is CC(=O)N[C@H](Cc1ccc2ccccc2c1)C(=O)N[C@H](Cc1ccc(Cl)cc1)C(=O)N[C@H](Cc1cccnc1)C(=O)N[C@@H](CO)C(=O)N(C)[C@@H](Cc1ccc(O)cc1)C(=O)N[C@H](CCCCNC(=O)c1cccnc1)C(=O)N[C@@H](CC(C)C)C(=O)NCCNC(C)C. The molecule has 24 heteroatoms. The van der Waals surface area contributed by atoms with Crippen molar-refractivity contribution in [3.05, 3.63) is 173 Å². The maximum Gasteiger partial charge on any atom is 0.252 e. The van der Waals surface area contributed by atoms with Gasteiger partial charge in [0.1, 0.15) is 48.0 Å². The molecule has 11 N–H and O–H groups in total. The van der Waals surface area contributed by atoms with Crippen LogP contribution in [0, 0.1) is 5.92 Å². The third-order valence-corrected chi connectivity index (χ3v) is 15.3. The molecule has 4 aromatic carbocycles. The summed E-state index contributed by atoms with van der Waals surface area (Å²) in [4.78, 5) is 137. The van der Waals surface area contributed by atoms with Crippen LogP contribution in [0.25, 0.3) is 10.8 Å². The zero-order valence-electron chi connectivity index (χ0n) is 52.7. The molecule has 9 amide bonds. The Kier molecular flexibility index (Phi) is 28.5. The molecular formula is C68H85ClN12O11. The van der Waals surface area contributed by atoms with E-state index in [9.17, 15) is 53.4 Å². The summed E-state index contributed by atoms with van der Waals surface area (Å²) in [5.74, 6) is -6.37. The van der Waals surface area contributed by atoms with E-state index in [4.69, 9.17) is 11.6 Å². The molecule has 0 fully saturated rings. The summed E-state index contributed by atoms with van der Waals surface area (Å²) < 4.78 is 0. The van der Waals surface area contributed by atoms with Crippen molar-refractivity contribution in [3.63, 3.8) is 0 Å². The Morgan fingerprint density at radius 1 is 0.522 bits per heavy atom. The van der Waals surface area contributed by atoms with Gasteiger partial charge in [0.15, 0.2) is 0 Å². The van der Waals surface area contributed by atoms with Crippen LogP contribution < -0.4 is 47.9 Å². The van der Waals surface area contributed by atoms with Crippen molar-refractivity contribution in [1.82, 2.24) is 62.7 Å². The van der Waals surface area contributed by atoms with Crippen molar-refractivity contribution in [2.75, 3.05) is 33.3 Å². The van der Waals surface area contributed by atoms with E-state index in [0.717, 1.165) is 21.2 Å². The van der Waals surface area contributed by atoms with Crippen molar-refractivity contribution >= 4 is 75.5 Å². The standard InChI is InChI=1S/C68H85ClN12O11/c1-42(2)33-55(62(86)74-32-31-72-43(3)4)77-63(87)54(17-9-10-30-73-61(85)51-16-12-29-71-40-51)76-67(91)60(38-46-21-26-53(84)27-22-46)81(6)68(92)59(41-82)80-66(90)58(37-48-13-11-28-70-39-48)79-65(89)57(35-45-19-24-52(69)25-20-45)78-64(88)56(75-44(5)83)36-47-18-23-49-14-7-8-15-50(49)34-47/h7-8,11-16,18-29,34,39-40,42-43,54-60,72,82,84H,9-10,17,30-33,35-38,41H2,1-6H3,(H,73,85)(H,74,86)(H,75,83)(H,76,91)(H,77,87)(H,78,88)(H,79,89)(H,80,90)/t54-,55+,56-,57-,58-,59+,60+/m1/s1. The van der Waals surface area contributed by atoms with Crippen molar-refractivity contribution in [2.45, 2.75) is 134 Å². The van der Waals surface area contributed by atoms with Crippen molar-refractivity contribution < 1.29 is 53.4 Å².